The van der Waals surface area contributed by atoms with Crippen molar-refractivity contribution < 1.29 is 4.74 Å². The lowest BCUT2D eigenvalue weighted by molar-refractivity contribution is 0.313. The lowest BCUT2D eigenvalue weighted by Crippen LogP contribution is -2.44. The van der Waals surface area contributed by atoms with Crippen LogP contribution in [0.1, 0.15) is 5.56 Å². The van der Waals surface area contributed by atoms with E-state index >= 15 is 0 Å². The predicted molar refractivity (Wildman–Crippen MR) is 165 cm³/mol. The zero-order chi connectivity index (χ0) is 27.4. The molecule has 10 nitrogen and oxygen atoms in total. The van der Waals surface area contributed by atoms with E-state index in [1.54, 1.807) is 37.6 Å². The molecule has 1 aliphatic heterocycles. The molecule has 204 valence electrons. The highest BCUT2D eigenvalue weighted by molar-refractivity contribution is 9.10. The van der Waals surface area contributed by atoms with Gasteiger partial charge < -0.3 is 29.5 Å². The number of nitrogens with one attached hydrogen (secondary N) is 2. The minimum atomic E-state index is 0.508. The molecule has 1 saturated heterocycles. The molecule has 2 N–H and O–H groups in total. The highest BCUT2D eigenvalue weighted by Crippen LogP contribution is 2.37. The van der Waals surface area contributed by atoms with E-state index in [0.717, 1.165) is 64.4 Å². The second-order valence-electron chi connectivity index (χ2n) is 9.22. The maximum absolute atomic E-state index is 5.65. The number of nitrogens with zero attached hydrogens (tertiary/aromatic N) is 7. The Bertz CT molecular complexity index is 1450. The van der Waals surface area contributed by atoms with Gasteiger partial charge in [0.25, 0.3) is 0 Å². The van der Waals surface area contributed by atoms with E-state index in [9.17, 15) is 0 Å². The summed E-state index contributed by atoms with van der Waals surface area (Å²) in [4.78, 5) is 23.1. The Morgan fingerprint density at radius 3 is 2.64 bits per heavy atom. The number of rotatable bonds is 9. The summed E-state index contributed by atoms with van der Waals surface area (Å²) in [5.74, 6) is 1.98. The Hall–Kier alpha value is -3.35. The average Bonchev–Trinajstić information content (AvgIpc) is 2.97. The van der Waals surface area contributed by atoms with Gasteiger partial charge in [0.1, 0.15) is 17.1 Å². The Balaban J connectivity index is 1.37. The Kier molecular flexibility index (Phi) is 8.53. The van der Waals surface area contributed by atoms with Gasteiger partial charge in [-0.1, -0.05) is 11.9 Å². The summed E-state index contributed by atoms with van der Waals surface area (Å²) in [6.45, 7) is 4.65. The van der Waals surface area contributed by atoms with Crippen LogP contribution in [0, 0.1) is 0 Å². The molecule has 0 aliphatic carbocycles. The van der Waals surface area contributed by atoms with Gasteiger partial charge in [0, 0.05) is 75.9 Å². The quantitative estimate of drug-likeness (QED) is 0.251. The molecule has 0 unspecified atom stereocenters. The van der Waals surface area contributed by atoms with Crippen molar-refractivity contribution in [1.82, 2.24) is 24.8 Å². The van der Waals surface area contributed by atoms with Crippen molar-refractivity contribution in [3.63, 3.8) is 0 Å². The summed E-state index contributed by atoms with van der Waals surface area (Å²) in [7, 11) is 5.87. The van der Waals surface area contributed by atoms with E-state index in [0.29, 0.717) is 18.3 Å². The molecule has 0 radical (unpaired) electrons. The van der Waals surface area contributed by atoms with Gasteiger partial charge in [-0.15, -0.1) is 0 Å². The van der Waals surface area contributed by atoms with Crippen LogP contribution in [0.5, 0.6) is 5.75 Å². The van der Waals surface area contributed by atoms with Crippen LogP contribution in [0.3, 0.4) is 0 Å². The van der Waals surface area contributed by atoms with Crippen LogP contribution < -0.4 is 24.6 Å². The maximum atomic E-state index is 5.65. The number of hydrogen-bond donors (Lipinski definition) is 2. The second-order valence-corrected chi connectivity index (χ2v) is 11.0. The largest absolute Gasteiger partial charge is 0.496 e. The van der Waals surface area contributed by atoms with Gasteiger partial charge in [0.05, 0.1) is 28.5 Å². The molecule has 5 rings (SSSR count). The van der Waals surface area contributed by atoms with Gasteiger partial charge in [-0.25, -0.2) is 4.98 Å². The number of benzene rings is 2. The van der Waals surface area contributed by atoms with Crippen molar-refractivity contribution in [1.29, 1.82) is 0 Å². The summed E-state index contributed by atoms with van der Waals surface area (Å²) in [6, 6.07) is 10.3. The summed E-state index contributed by atoms with van der Waals surface area (Å²) in [5, 5.41) is 6.85. The topological polar surface area (TPSA) is 94.6 Å². The molecule has 0 atom stereocenters. The van der Waals surface area contributed by atoms with E-state index < -0.39 is 0 Å². The van der Waals surface area contributed by atoms with Gasteiger partial charge in [-0.3, -0.25) is 9.97 Å². The van der Waals surface area contributed by atoms with Crippen LogP contribution >= 0.6 is 27.9 Å². The van der Waals surface area contributed by atoms with E-state index in [1.165, 1.54) is 5.69 Å². The minimum absolute atomic E-state index is 0.508. The van der Waals surface area contributed by atoms with E-state index in [-0.39, 0.29) is 0 Å². The molecule has 39 heavy (non-hydrogen) atoms. The third-order valence-corrected chi connectivity index (χ3v) is 8.08. The fraction of sp³-hybridized carbons (Fsp3) is 0.333. The number of aromatic nitrogens is 4. The van der Waals surface area contributed by atoms with Crippen LogP contribution in [0.2, 0.25) is 0 Å². The first-order chi connectivity index (χ1) is 19.0. The SMILES string of the molecule is COc1ccc(N2CCN(C)CC2)cc1CNc1ncc(Br)c(Nc2ccc3nccnc3c2N(C)SC)n1. The highest BCUT2D eigenvalue weighted by Gasteiger charge is 2.18. The second kappa shape index (κ2) is 12.2. The summed E-state index contributed by atoms with van der Waals surface area (Å²) < 4.78 is 8.46. The van der Waals surface area contributed by atoms with Crippen molar-refractivity contribution in [2.24, 2.45) is 0 Å². The number of hydrogen-bond acceptors (Lipinski definition) is 11. The first-order valence-electron chi connectivity index (χ1n) is 12.6. The Morgan fingerprint density at radius 2 is 1.87 bits per heavy atom. The normalized spacial score (nSPS) is 13.9. The van der Waals surface area contributed by atoms with Crippen molar-refractivity contribution in [3.05, 3.63) is 59.0 Å². The molecule has 0 bridgehead atoms. The first kappa shape index (κ1) is 27.2. The molecule has 4 aromatic rings. The molecule has 0 saturated carbocycles. The number of methoxy groups -OCH3 is 1. The summed E-state index contributed by atoms with van der Waals surface area (Å²) in [5.41, 5.74) is 5.69. The third kappa shape index (κ3) is 6.13. The minimum Gasteiger partial charge on any atom is -0.496 e. The summed E-state index contributed by atoms with van der Waals surface area (Å²) in [6.07, 6.45) is 7.18. The molecule has 0 amide bonds. The Labute approximate surface area is 241 Å². The van der Waals surface area contributed by atoms with Gasteiger partial charge in [0.2, 0.25) is 5.95 Å². The average molecular weight is 611 g/mol. The monoisotopic (exact) mass is 609 g/mol. The van der Waals surface area contributed by atoms with E-state index in [4.69, 9.17) is 9.72 Å². The number of likely N-dealkylation sites (N-methyl/N-ethyl adjacent to an activating group) is 1. The molecule has 1 aliphatic rings. The molecule has 3 heterocycles. The standard InChI is InChI=1S/C27H32BrN9OS/c1-35-11-13-37(14-12-35)19-5-8-23(38-3)18(15-19)16-31-27-32-17-20(28)26(34-27)33-22-7-6-21-24(30-10-9-29-21)25(22)36(2)39-4/h5-10,15,17H,11-14,16H2,1-4H3,(H2,31,32,33,34). The number of halogens is 1. The van der Waals surface area contributed by atoms with Gasteiger partial charge in [-0.2, -0.15) is 4.98 Å². The first-order valence-corrected chi connectivity index (χ1v) is 14.6. The highest BCUT2D eigenvalue weighted by atomic mass is 79.9. The van der Waals surface area contributed by atoms with Crippen molar-refractivity contribution in [3.8, 4) is 5.75 Å². The van der Waals surface area contributed by atoms with Crippen LogP contribution in [0.4, 0.5) is 28.8 Å². The maximum Gasteiger partial charge on any atom is 0.224 e. The number of ether oxygens (including phenoxy) is 1. The van der Waals surface area contributed by atoms with Crippen molar-refractivity contribution in [2.45, 2.75) is 6.54 Å². The van der Waals surface area contributed by atoms with Gasteiger partial charge >= 0.3 is 0 Å². The lowest BCUT2D eigenvalue weighted by Gasteiger charge is -2.34. The van der Waals surface area contributed by atoms with Crippen molar-refractivity contribution >= 4 is 67.7 Å². The van der Waals surface area contributed by atoms with Crippen molar-refractivity contribution in [2.75, 3.05) is 73.5 Å². The van der Waals surface area contributed by atoms with Crippen LogP contribution in [0.15, 0.2) is 53.4 Å². The van der Waals surface area contributed by atoms with Crippen LogP contribution in [0.25, 0.3) is 11.0 Å². The van der Waals surface area contributed by atoms with E-state index in [2.05, 4.69) is 74.8 Å². The number of anilines is 5. The zero-order valence-corrected chi connectivity index (χ0v) is 24.9. The molecular weight excluding hydrogens is 578 g/mol. The molecule has 12 heteroatoms. The van der Waals surface area contributed by atoms with E-state index in [1.807, 2.05) is 31.5 Å². The molecule has 1 fully saturated rings. The number of piperazine rings is 1. The molecular formula is C27H32BrN9OS. The Morgan fingerprint density at radius 1 is 1.08 bits per heavy atom. The molecule has 0 spiro atoms. The molecule has 2 aromatic carbocycles. The zero-order valence-electron chi connectivity index (χ0n) is 22.5. The fourth-order valence-corrected chi connectivity index (χ4v) is 5.20. The predicted octanol–water partition coefficient (Wildman–Crippen LogP) is 5.01. The van der Waals surface area contributed by atoms with Crippen LogP contribution in [-0.4, -0.2) is 78.5 Å². The number of fused-ring (bicyclic) bond motifs is 1. The fourth-order valence-electron chi connectivity index (χ4n) is 4.54. The van der Waals surface area contributed by atoms with Gasteiger partial charge in [-0.05, 0) is 53.3 Å². The lowest BCUT2D eigenvalue weighted by atomic mass is 10.1. The molecule has 2 aromatic heterocycles. The summed E-state index contributed by atoms with van der Waals surface area (Å²) >= 11 is 5.20. The smallest absolute Gasteiger partial charge is 0.224 e. The third-order valence-electron chi connectivity index (χ3n) is 6.77. The van der Waals surface area contributed by atoms with Gasteiger partial charge in [0.15, 0.2) is 0 Å². The van der Waals surface area contributed by atoms with Crippen LogP contribution in [-0.2, 0) is 6.54 Å².